The summed E-state index contributed by atoms with van der Waals surface area (Å²) in [7, 11) is -3.46. The highest BCUT2D eigenvalue weighted by atomic mass is 32.2. The van der Waals surface area contributed by atoms with Gasteiger partial charge in [0.15, 0.2) is 11.3 Å². The van der Waals surface area contributed by atoms with Gasteiger partial charge in [-0.2, -0.15) is 12.9 Å². The molecule has 0 N–H and O–H groups in total. The van der Waals surface area contributed by atoms with Crippen LogP contribution in [0.25, 0.3) is 27.9 Å². The van der Waals surface area contributed by atoms with Gasteiger partial charge in [0, 0.05) is 23.0 Å². The molecule has 0 aliphatic carbocycles. The molecule has 0 fully saturated rings. The van der Waals surface area contributed by atoms with Crippen LogP contribution in [0.1, 0.15) is 17.0 Å². The van der Waals surface area contributed by atoms with E-state index in [0.717, 1.165) is 22.6 Å². The summed E-state index contributed by atoms with van der Waals surface area (Å²) >= 11 is 0. The molecule has 0 saturated heterocycles. The van der Waals surface area contributed by atoms with E-state index < -0.39 is 10.1 Å². The molecule has 0 saturated carbocycles. The maximum atomic E-state index is 11.1. The summed E-state index contributed by atoms with van der Waals surface area (Å²) in [4.78, 5) is 4.40. The molecule has 0 atom stereocenters. The summed E-state index contributed by atoms with van der Waals surface area (Å²) in [6, 6.07) is 13.1. The van der Waals surface area contributed by atoms with Crippen LogP contribution in [0, 0.1) is 6.92 Å². The van der Waals surface area contributed by atoms with E-state index in [4.69, 9.17) is 13.4 Å². The number of fused-ring (bicyclic) bond motifs is 3. The Kier molecular flexibility index (Phi) is 5.67. The largest absolute Gasteiger partial charge is 0.470 e. The average Bonchev–Trinajstić information content (AvgIpc) is 3.43. The molecule has 1 aromatic carbocycles. The Morgan fingerprint density at radius 2 is 1.91 bits per heavy atom. The van der Waals surface area contributed by atoms with Crippen LogP contribution in [0.15, 0.2) is 53.2 Å². The van der Waals surface area contributed by atoms with E-state index in [2.05, 4.69) is 25.4 Å². The van der Waals surface area contributed by atoms with E-state index in [0.29, 0.717) is 40.9 Å². The summed E-state index contributed by atoms with van der Waals surface area (Å²) in [5.74, 6) is 1.50. The SMILES string of the molecule is Cc1cc(-c2nnc3c4ccccc4c(OCc4ccc(CCOS(C)(=O)=O)cn4)nn23)no1. The Balaban J connectivity index is 1.40. The molecule has 5 rings (SSSR count). The van der Waals surface area contributed by atoms with Crippen LogP contribution in [0.2, 0.25) is 0 Å². The lowest BCUT2D eigenvalue weighted by Crippen LogP contribution is -2.07. The number of aromatic nitrogens is 6. The first-order valence-electron chi connectivity index (χ1n) is 10.4. The van der Waals surface area contributed by atoms with Gasteiger partial charge in [0.25, 0.3) is 10.1 Å². The second kappa shape index (κ2) is 8.80. The maximum absolute atomic E-state index is 11.1. The zero-order valence-corrected chi connectivity index (χ0v) is 19.2. The summed E-state index contributed by atoms with van der Waals surface area (Å²) in [5.41, 5.74) is 2.65. The fraction of sp³-hybridized carbons (Fsp3) is 0.227. The third-order valence-electron chi connectivity index (χ3n) is 5.02. The molecule has 0 aliphatic rings. The molecule has 0 spiro atoms. The molecule has 5 aromatic rings. The normalized spacial score (nSPS) is 11.9. The van der Waals surface area contributed by atoms with Crippen molar-refractivity contribution in [3.05, 3.63) is 65.7 Å². The van der Waals surface area contributed by atoms with Crippen LogP contribution in [-0.4, -0.2) is 51.2 Å². The standard InChI is InChI=1S/C22H20N6O5S/c1-14-11-19(27-33-14)21-25-24-20-17-5-3-4-6-18(17)22(26-28(20)21)31-13-16-8-7-15(12-23-16)9-10-32-34(2,29)30/h3-8,11-12H,9-10,13H2,1-2H3. The number of benzene rings is 1. The number of hydrogen-bond donors (Lipinski definition) is 0. The van der Waals surface area contributed by atoms with Gasteiger partial charge >= 0.3 is 0 Å². The van der Waals surface area contributed by atoms with Crippen molar-refractivity contribution in [3.63, 3.8) is 0 Å². The number of aryl methyl sites for hydroxylation is 1. The topological polar surface area (TPSA) is 135 Å². The van der Waals surface area contributed by atoms with Crippen molar-refractivity contribution in [3.8, 4) is 17.4 Å². The molecule has 34 heavy (non-hydrogen) atoms. The number of rotatable bonds is 8. The first kappa shape index (κ1) is 21.9. The zero-order chi connectivity index (χ0) is 23.7. The first-order chi connectivity index (χ1) is 16.4. The average molecular weight is 481 g/mol. The van der Waals surface area contributed by atoms with Crippen LogP contribution in [0.4, 0.5) is 0 Å². The minimum Gasteiger partial charge on any atom is -0.470 e. The Morgan fingerprint density at radius 3 is 2.62 bits per heavy atom. The zero-order valence-electron chi connectivity index (χ0n) is 18.4. The minimum absolute atomic E-state index is 0.0681. The van der Waals surface area contributed by atoms with Gasteiger partial charge < -0.3 is 9.26 Å². The van der Waals surface area contributed by atoms with Crippen LogP contribution in [0.3, 0.4) is 0 Å². The highest BCUT2D eigenvalue weighted by Crippen LogP contribution is 2.29. The monoisotopic (exact) mass is 480 g/mol. The Bertz CT molecular complexity index is 1580. The Morgan fingerprint density at radius 1 is 1.09 bits per heavy atom. The van der Waals surface area contributed by atoms with E-state index in [1.165, 1.54) is 0 Å². The van der Waals surface area contributed by atoms with Gasteiger partial charge in [0.05, 0.1) is 18.6 Å². The molecule has 0 radical (unpaired) electrons. The van der Waals surface area contributed by atoms with Gasteiger partial charge in [0.2, 0.25) is 11.7 Å². The van der Waals surface area contributed by atoms with Gasteiger partial charge in [-0.1, -0.05) is 29.4 Å². The lowest BCUT2D eigenvalue weighted by Gasteiger charge is -2.10. The van der Waals surface area contributed by atoms with Crippen molar-refractivity contribution in [2.45, 2.75) is 20.0 Å². The first-order valence-corrected chi connectivity index (χ1v) is 12.2. The summed E-state index contributed by atoms with van der Waals surface area (Å²) < 4.78 is 39.7. The summed E-state index contributed by atoms with van der Waals surface area (Å²) in [5, 5.41) is 18.8. The molecule has 12 heteroatoms. The molecule has 0 unspecified atom stereocenters. The number of nitrogens with zero attached hydrogens (tertiary/aromatic N) is 6. The lowest BCUT2D eigenvalue weighted by molar-refractivity contribution is 0.289. The number of hydrogen-bond acceptors (Lipinski definition) is 10. The highest BCUT2D eigenvalue weighted by molar-refractivity contribution is 7.85. The fourth-order valence-corrected chi connectivity index (χ4v) is 3.82. The molecule has 4 aromatic heterocycles. The second-order valence-corrected chi connectivity index (χ2v) is 9.30. The van der Waals surface area contributed by atoms with Gasteiger partial charge in [-0.3, -0.25) is 9.17 Å². The van der Waals surface area contributed by atoms with E-state index in [-0.39, 0.29) is 13.2 Å². The second-order valence-electron chi connectivity index (χ2n) is 7.66. The third kappa shape index (κ3) is 4.58. The van der Waals surface area contributed by atoms with Crippen molar-refractivity contribution in [2.75, 3.05) is 12.9 Å². The van der Waals surface area contributed by atoms with Crippen molar-refractivity contribution in [2.24, 2.45) is 0 Å². The van der Waals surface area contributed by atoms with Gasteiger partial charge in [0.1, 0.15) is 12.4 Å². The maximum Gasteiger partial charge on any atom is 0.264 e. The van der Waals surface area contributed by atoms with Crippen molar-refractivity contribution in [1.29, 1.82) is 0 Å². The van der Waals surface area contributed by atoms with Crippen molar-refractivity contribution >= 4 is 26.5 Å². The van der Waals surface area contributed by atoms with Crippen LogP contribution in [0.5, 0.6) is 5.88 Å². The van der Waals surface area contributed by atoms with E-state index in [1.54, 1.807) is 23.7 Å². The predicted octanol–water partition coefficient (Wildman–Crippen LogP) is 2.73. The van der Waals surface area contributed by atoms with Gasteiger partial charge in [-0.15, -0.1) is 15.3 Å². The fourth-order valence-electron chi connectivity index (χ4n) is 3.43. The third-order valence-corrected chi connectivity index (χ3v) is 5.61. The van der Waals surface area contributed by atoms with Gasteiger partial charge in [-0.25, -0.2) is 0 Å². The molecule has 174 valence electrons. The van der Waals surface area contributed by atoms with E-state index in [9.17, 15) is 8.42 Å². The Labute approximate surface area is 194 Å². The molecule has 4 heterocycles. The predicted molar refractivity (Wildman–Crippen MR) is 122 cm³/mol. The smallest absolute Gasteiger partial charge is 0.264 e. The number of pyridine rings is 1. The molecule has 0 aliphatic heterocycles. The van der Waals surface area contributed by atoms with Gasteiger partial charge in [-0.05, 0) is 31.0 Å². The van der Waals surface area contributed by atoms with Crippen LogP contribution in [-0.2, 0) is 27.3 Å². The minimum atomic E-state index is -3.46. The summed E-state index contributed by atoms with van der Waals surface area (Å²) in [6.45, 7) is 2.05. The highest BCUT2D eigenvalue weighted by Gasteiger charge is 2.18. The van der Waals surface area contributed by atoms with Crippen molar-refractivity contribution < 1.29 is 21.9 Å². The summed E-state index contributed by atoms with van der Waals surface area (Å²) in [6.07, 6.45) is 3.13. The Hall–Kier alpha value is -3.90. The molecule has 11 nitrogen and oxygen atoms in total. The van der Waals surface area contributed by atoms with Crippen LogP contribution < -0.4 is 4.74 Å². The molecular weight excluding hydrogens is 460 g/mol. The van der Waals surface area contributed by atoms with E-state index in [1.807, 2.05) is 36.4 Å². The number of ether oxygens (including phenoxy) is 1. The van der Waals surface area contributed by atoms with Crippen molar-refractivity contribution in [1.82, 2.24) is 30.0 Å². The molecule has 0 bridgehead atoms. The van der Waals surface area contributed by atoms with E-state index >= 15 is 0 Å². The van der Waals surface area contributed by atoms with Crippen LogP contribution >= 0.6 is 0 Å². The quantitative estimate of drug-likeness (QED) is 0.305. The molecule has 0 amide bonds. The molecular formula is C22H20N6O5S. The lowest BCUT2D eigenvalue weighted by atomic mass is 10.2.